The summed E-state index contributed by atoms with van der Waals surface area (Å²) < 4.78 is 32.6. The highest BCUT2D eigenvalue weighted by Gasteiger charge is 2.52. The first-order chi connectivity index (χ1) is 16.6. The molecule has 2 heterocycles. The lowest BCUT2D eigenvalue weighted by Gasteiger charge is -2.38. The fraction of sp³-hybridized carbons (Fsp3) is 0.370. The minimum atomic E-state index is -3.02. The van der Waals surface area contributed by atoms with Gasteiger partial charge in [-0.05, 0) is 55.2 Å². The fourth-order valence-electron chi connectivity index (χ4n) is 5.10. The van der Waals surface area contributed by atoms with E-state index >= 15 is 0 Å². The summed E-state index contributed by atoms with van der Waals surface area (Å²) >= 11 is 0. The van der Waals surface area contributed by atoms with Crippen LogP contribution in [-0.4, -0.2) is 49.4 Å². The molecule has 2 aromatic carbocycles. The molecule has 0 atom stereocenters. The van der Waals surface area contributed by atoms with Crippen LogP contribution in [0.3, 0.4) is 0 Å². The molecule has 0 aliphatic carbocycles. The third kappa shape index (κ3) is 4.33. The lowest BCUT2D eigenvalue weighted by molar-refractivity contribution is -0.131. The summed E-state index contributed by atoms with van der Waals surface area (Å²) in [6, 6.07) is 11.2. The highest BCUT2D eigenvalue weighted by molar-refractivity contribution is 6.09. The zero-order valence-corrected chi connectivity index (χ0v) is 20.0. The van der Waals surface area contributed by atoms with E-state index in [9.17, 15) is 23.2 Å². The Bertz CT molecular complexity index is 1190. The van der Waals surface area contributed by atoms with Crippen molar-refractivity contribution in [3.8, 4) is 0 Å². The number of methoxy groups -OCH3 is 1. The zero-order valence-electron chi connectivity index (χ0n) is 20.0. The second-order valence-electron chi connectivity index (χ2n) is 8.99. The number of hydrogen-bond donors (Lipinski definition) is 0. The van der Waals surface area contributed by atoms with Crippen molar-refractivity contribution in [1.29, 1.82) is 0 Å². The van der Waals surface area contributed by atoms with E-state index in [1.165, 1.54) is 31.4 Å². The number of hydrogen-bond acceptors (Lipinski definition) is 4. The van der Waals surface area contributed by atoms with Gasteiger partial charge in [-0.2, -0.15) is 0 Å². The van der Waals surface area contributed by atoms with Crippen LogP contribution >= 0.6 is 0 Å². The van der Waals surface area contributed by atoms with Gasteiger partial charge in [0.2, 0.25) is 11.8 Å². The molecule has 4 rings (SSSR count). The Labute approximate surface area is 203 Å². The number of nitrogens with zero attached hydrogens (tertiary/aromatic N) is 2. The maximum Gasteiger partial charge on any atom is 0.337 e. The Morgan fingerprint density at radius 1 is 1.14 bits per heavy atom. The predicted molar refractivity (Wildman–Crippen MR) is 128 cm³/mol. The number of fused-ring (bicyclic) bond motifs is 2. The number of alkyl halides is 2. The molecule has 0 saturated carbocycles. The van der Waals surface area contributed by atoms with Gasteiger partial charge in [-0.3, -0.25) is 9.59 Å². The predicted octanol–water partition coefficient (Wildman–Crippen LogP) is 4.53. The molecule has 0 aromatic heterocycles. The average Bonchev–Trinajstić information content (AvgIpc) is 3.08. The first kappa shape index (κ1) is 24.6. The number of piperidine rings is 1. The molecule has 8 heteroatoms. The number of halogens is 2. The van der Waals surface area contributed by atoms with Crippen LogP contribution in [0.25, 0.3) is 6.08 Å². The number of amides is 2. The minimum absolute atomic E-state index is 0.0289. The molecule has 35 heavy (non-hydrogen) atoms. The van der Waals surface area contributed by atoms with Crippen LogP contribution in [0.5, 0.6) is 0 Å². The monoisotopic (exact) mass is 482 g/mol. The summed E-state index contributed by atoms with van der Waals surface area (Å²) in [4.78, 5) is 41.8. The van der Waals surface area contributed by atoms with Crippen LogP contribution in [0.15, 0.2) is 48.5 Å². The zero-order chi connectivity index (χ0) is 25.4. The molecule has 2 aliphatic heterocycles. The van der Waals surface area contributed by atoms with Crippen molar-refractivity contribution in [3.63, 3.8) is 0 Å². The number of esters is 1. The fourth-order valence-corrected chi connectivity index (χ4v) is 5.10. The molecule has 2 aliphatic rings. The number of carbonyl (C=O) groups is 3. The highest BCUT2D eigenvalue weighted by Crippen LogP contribution is 2.48. The van der Waals surface area contributed by atoms with Gasteiger partial charge >= 0.3 is 5.97 Å². The van der Waals surface area contributed by atoms with Gasteiger partial charge in [0.25, 0.3) is 5.92 Å². The maximum absolute atomic E-state index is 13.9. The van der Waals surface area contributed by atoms with Crippen LogP contribution in [0.1, 0.15) is 53.7 Å². The third-order valence-corrected chi connectivity index (χ3v) is 6.96. The van der Waals surface area contributed by atoms with E-state index in [1.807, 2.05) is 6.92 Å². The molecular formula is C27H28F2N2O4. The van der Waals surface area contributed by atoms with Gasteiger partial charge in [0.05, 0.1) is 18.1 Å². The number of rotatable bonds is 5. The van der Waals surface area contributed by atoms with Gasteiger partial charge in [0.15, 0.2) is 0 Å². The van der Waals surface area contributed by atoms with Gasteiger partial charge in [-0.15, -0.1) is 0 Å². The molecule has 2 aromatic rings. The molecule has 0 N–H and O–H groups in total. The lowest BCUT2D eigenvalue weighted by atomic mass is 9.73. The van der Waals surface area contributed by atoms with Crippen LogP contribution in [0, 0.1) is 0 Å². The topological polar surface area (TPSA) is 66.9 Å². The van der Waals surface area contributed by atoms with E-state index in [0.717, 1.165) is 18.2 Å². The van der Waals surface area contributed by atoms with E-state index < -0.39 is 17.3 Å². The summed E-state index contributed by atoms with van der Waals surface area (Å²) in [5.41, 5.74) is 1.28. The Hall–Kier alpha value is -3.55. The maximum atomic E-state index is 13.9. The molecule has 184 valence electrons. The van der Waals surface area contributed by atoms with E-state index in [2.05, 4.69) is 0 Å². The van der Waals surface area contributed by atoms with E-state index in [1.54, 1.807) is 40.1 Å². The van der Waals surface area contributed by atoms with Crippen molar-refractivity contribution in [2.24, 2.45) is 0 Å². The summed E-state index contributed by atoms with van der Waals surface area (Å²) in [7, 11) is 1.31. The van der Waals surface area contributed by atoms with Gasteiger partial charge in [0.1, 0.15) is 0 Å². The van der Waals surface area contributed by atoms with Crippen LogP contribution in [-0.2, 0) is 25.7 Å². The number of carbonyl (C=O) groups excluding carboxylic acids is 3. The standard InChI is InChI=1S/C27H28F2N2O4/c1-4-31-22-11-9-19(24(33)35-3)17-21(22)27(25(31)34)13-15-30(16-14-27)23(32)12-10-18-7-5-6-8-20(18)26(2,28)29/h5-12,17H,4,13-16H2,1-3H3/b12-10+. The Morgan fingerprint density at radius 2 is 1.83 bits per heavy atom. The molecule has 1 fully saturated rings. The smallest absolute Gasteiger partial charge is 0.337 e. The average molecular weight is 483 g/mol. The van der Waals surface area contributed by atoms with Crippen LogP contribution in [0.2, 0.25) is 0 Å². The van der Waals surface area contributed by atoms with Gasteiger partial charge in [0, 0.05) is 43.9 Å². The van der Waals surface area contributed by atoms with Gasteiger partial charge in [-0.25, -0.2) is 13.6 Å². The summed E-state index contributed by atoms with van der Waals surface area (Å²) in [5, 5.41) is 0. The van der Waals surface area contributed by atoms with Crippen LogP contribution in [0.4, 0.5) is 14.5 Å². The molecule has 1 spiro atoms. The third-order valence-electron chi connectivity index (χ3n) is 6.96. The molecule has 0 bridgehead atoms. The first-order valence-corrected chi connectivity index (χ1v) is 11.6. The second-order valence-corrected chi connectivity index (χ2v) is 8.99. The van der Waals surface area contributed by atoms with E-state index in [4.69, 9.17) is 4.74 Å². The van der Waals surface area contributed by atoms with Gasteiger partial charge < -0.3 is 14.5 Å². The van der Waals surface area contributed by atoms with E-state index in [-0.39, 0.29) is 22.9 Å². The number of likely N-dealkylation sites (N-methyl/N-ethyl adjacent to an activating group) is 1. The summed E-state index contributed by atoms with van der Waals surface area (Å²) in [6.45, 7) is 3.89. The number of ether oxygens (including phenoxy) is 1. The highest BCUT2D eigenvalue weighted by atomic mass is 19.3. The van der Waals surface area contributed by atoms with Gasteiger partial charge in [-0.1, -0.05) is 24.3 Å². The van der Waals surface area contributed by atoms with Crippen molar-refractivity contribution in [3.05, 3.63) is 70.8 Å². The molecular weight excluding hydrogens is 454 g/mol. The van der Waals surface area contributed by atoms with Crippen molar-refractivity contribution in [1.82, 2.24) is 4.90 Å². The van der Waals surface area contributed by atoms with Crippen molar-refractivity contribution >= 4 is 29.5 Å². The summed E-state index contributed by atoms with van der Waals surface area (Å²) in [6.07, 6.45) is 3.53. The van der Waals surface area contributed by atoms with Crippen LogP contribution < -0.4 is 4.90 Å². The first-order valence-electron chi connectivity index (χ1n) is 11.6. The molecule has 2 amide bonds. The Balaban J connectivity index is 1.55. The van der Waals surface area contributed by atoms with Crippen molar-refractivity contribution in [2.75, 3.05) is 31.6 Å². The normalized spacial score (nSPS) is 17.2. The largest absolute Gasteiger partial charge is 0.465 e. The van der Waals surface area contributed by atoms with Crippen molar-refractivity contribution in [2.45, 2.75) is 38.0 Å². The summed E-state index contributed by atoms with van der Waals surface area (Å²) in [5.74, 6) is -3.82. The quantitative estimate of drug-likeness (QED) is 0.464. The number of likely N-dealkylation sites (tertiary alicyclic amines) is 1. The SMILES string of the molecule is CCN1C(=O)C2(CCN(C(=O)/C=C/c3ccccc3C(C)(F)F)CC2)c2cc(C(=O)OC)ccc21. The second kappa shape index (κ2) is 9.24. The Morgan fingerprint density at radius 3 is 2.46 bits per heavy atom. The molecule has 0 unspecified atom stereocenters. The van der Waals surface area contributed by atoms with Crippen molar-refractivity contribution < 1.29 is 27.9 Å². The number of benzene rings is 2. The minimum Gasteiger partial charge on any atom is -0.465 e. The molecule has 0 radical (unpaired) electrons. The number of anilines is 1. The lowest BCUT2D eigenvalue weighted by Crippen LogP contribution is -2.49. The Kier molecular flexibility index (Phi) is 6.49. The van der Waals surface area contributed by atoms with E-state index in [0.29, 0.717) is 38.0 Å². The molecule has 1 saturated heterocycles. The molecule has 6 nitrogen and oxygen atoms in total.